The van der Waals surface area contributed by atoms with Gasteiger partial charge in [-0.15, -0.1) is 0 Å². The lowest BCUT2D eigenvalue weighted by Crippen LogP contribution is -2.28. The third-order valence-electron chi connectivity index (χ3n) is 2.31. The molecular weight excluding hydrogens is 223 g/mol. The largest absolute Gasteiger partial charge is 0.0823 e. The molecule has 0 aromatic carbocycles. The van der Waals surface area contributed by atoms with E-state index in [1.165, 1.54) is 19.3 Å². The predicted octanol–water partition coefficient (Wildman–Crippen LogP) is 3.25. The van der Waals surface area contributed by atoms with Gasteiger partial charge in [0.05, 0.1) is 0 Å². The van der Waals surface area contributed by atoms with Crippen LogP contribution in [0.15, 0.2) is 0 Å². The first-order valence-corrected chi connectivity index (χ1v) is 5.12. The van der Waals surface area contributed by atoms with Crippen molar-refractivity contribution < 1.29 is 0 Å². The second-order valence-electron chi connectivity index (χ2n) is 3.26. The Bertz CT molecular complexity index is 84.6. The average molecular weight is 238 g/mol. The lowest BCUT2D eigenvalue weighted by Gasteiger charge is -2.35. The van der Waals surface area contributed by atoms with Crippen molar-refractivity contribution in [2.75, 3.05) is 0 Å². The van der Waals surface area contributed by atoms with E-state index in [0.717, 1.165) is 15.8 Å². The Hall–Kier alpha value is 0.730. The lowest BCUT2D eigenvalue weighted by molar-refractivity contribution is 0.210. The minimum atomic E-state index is 0.957. The summed E-state index contributed by atoms with van der Waals surface area (Å²) in [5.41, 5.74) is 0. The van der Waals surface area contributed by atoms with Crippen molar-refractivity contribution in [2.45, 2.75) is 37.0 Å². The van der Waals surface area contributed by atoms with Gasteiger partial charge < -0.3 is 0 Å². The van der Waals surface area contributed by atoms with Gasteiger partial charge in [-0.3, -0.25) is 0 Å². The Morgan fingerprint density at radius 3 is 2.44 bits per heavy atom. The van der Waals surface area contributed by atoms with Crippen LogP contribution in [0.3, 0.4) is 0 Å². The maximum atomic E-state index is 2.59. The minimum Gasteiger partial charge on any atom is -0.0823 e. The molecule has 0 heterocycles. The van der Waals surface area contributed by atoms with Gasteiger partial charge in [0.25, 0.3) is 0 Å². The molecule has 0 aliphatic heterocycles. The normalized spacial score (nSPS) is 37.7. The minimum absolute atomic E-state index is 0.957. The van der Waals surface area contributed by atoms with E-state index in [2.05, 4.69) is 36.4 Å². The van der Waals surface area contributed by atoms with Gasteiger partial charge in [0.2, 0.25) is 0 Å². The van der Waals surface area contributed by atoms with E-state index in [1.54, 1.807) is 0 Å². The summed E-state index contributed by atoms with van der Waals surface area (Å²) in [5.74, 6) is 2.09. The van der Waals surface area contributed by atoms with Crippen molar-refractivity contribution in [3.8, 4) is 0 Å². The summed E-state index contributed by atoms with van der Waals surface area (Å²) in [4.78, 5) is 0. The van der Waals surface area contributed by atoms with Gasteiger partial charge in [-0.2, -0.15) is 0 Å². The molecule has 1 aliphatic rings. The van der Waals surface area contributed by atoms with Crippen LogP contribution in [0.2, 0.25) is 0 Å². The topological polar surface area (TPSA) is 0 Å². The molecule has 1 rings (SSSR count). The Labute approximate surface area is 71.5 Å². The van der Waals surface area contributed by atoms with Crippen molar-refractivity contribution >= 4 is 22.6 Å². The Morgan fingerprint density at radius 1 is 1.56 bits per heavy atom. The summed E-state index contributed by atoms with van der Waals surface area (Å²) in [5, 5.41) is 0. The van der Waals surface area contributed by atoms with Crippen LogP contribution >= 0.6 is 22.6 Å². The number of rotatable bonds is 2. The standard InChI is InChI=1S/C8H15I/c1-3-8(9)7-4-6(2)5-7/h6-8H,3-5H2,1-2H3. The molecule has 0 spiro atoms. The number of alkyl halides is 1. The fourth-order valence-electron chi connectivity index (χ4n) is 1.59. The molecule has 0 bridgehead atoms. The molecule has 0 aromatic heterocycles. The van der Waals surface area contributed by atoms with E-state index in [4.69, 9.17) is 0 Å². The van der Waals surface area contributed by atoms with Crippen LogP contribution in [0.25, 0.3) is 0 Å². The molecule has 54 valence electrons. The van der Waals surface area contributed by atoms with Crippen molar-refractivity contribution in [3.05, 3.63) is 0 Å². The second kappa shape index (κ2) is 3.22. The van der Waals surface area contributed by atoms with E-state index in [1.807, 2.05) is 0 Å². The van der Waals surface area contributed by atoms with E-state index >= 15 is 0 Å². The molecule has 0 nitrogen and oxygen atoms in total. The van der Waals surface area contributed by atoms with Crippen LogP contribution in [0.1, 0.15) is 33.1 Å². The summed E-state index contributed by atoms with van der Waals surface area (Å²) >= 11 is 2.59. The molecule has 1 saturated carbocycles. The SMILES string of the molecule is CCC(I)C1CC(C)C1. The van der Waals surface area contributed by atoms with Gasteiger partial charge in [0.15, 0.2) is 0 Å². The first-order chi connectivity index (χ1) is 4.24. The van der Waals surface area contributed by atoms with Gasteiger partial charge in [0.1, 0.15) is 0 Å². The fourth-order valence-corrected chi connectivity index (χ4v) is 2.18. The zero-order chi connectivity index (χ0) is 6.85. The van der Waals surface area contributed by atoms with E-state index in [9.17, 15) is 0 Å². The lowest BCUT2D eigenvalue weighted by atomic mass is 9.74. The van der Waals surface area contributed by atoms with Crippen LogP contribution in [0.5, 0.6) is 0 Å². The summed E-state index contributed by atoms with van der Waals surface area (Å²) in [6, 6.07) is 0. The van der Waals surface area contributed by atoms with E-state index in [-0.39, 0.29) is 0 Å². The second-order valence-corrected chi connectivity index (χ2v) is 4.86. The van der Waals surface area contributed by atoms with E-state index < -0.39 is 0 Å². The van der Waals surface area contributed by atoms with Gasteiger partial charge in [-0.25, -0.2) is 0 Å². The smallest absolute Gasteiger partial charge is 0.0135 e. The van der Waals surface area contributed by atoms with Crippen molar-refractivity contribution in [1.82, 2.24) is 0 Å². The molecule has 0 N–H and O–H groups in total. The summed E-state index contributed by atoms with van der Waals surface area (Å²) in [6.07, 6.45) is 4.33. The molecule has 1 unspecified atom stereocenters. The fraction of sp³-hybridized carbons (Fsp3) is 1.00. The monoisotopic (exact) mass is 238 g/mol. The van der Waals surface area contributed by atoms with Crippen LogP contribution in [0.4, 0.5) is 0 Å². The summed E-state index contributed by atoms with van der Waals surface area (Å²) in [6.45, 7) is 4.65. The Balaban J connectivity index is 2.15. The highest BCUT2D eigenvalue weighted by Crippen LogP contribution is 2.39. The highest BCUT2D eigenvalue weighted by molar-refractivity contribution is 14.1. The quantitative estimate of drug-likeness (QED) is 0.511. The van der Waals surface area contributed by atoms with Crippen LogP contribution in [-0.2, 0) is 0 Å². The number of halogens is 1. The van der Waals surface area contributed by atoms with Gasteiger partial charge in [-0.1, -0.05) is 36.4 Å². The molecule has 0 radical (unpaired) electrons. The van der Waals surface area contributed by atoms with Crippen molar-refractivity contribution in [2.24, 2.45) is 11.8 Å². The first kappa shape index (κ1) is 7.83. The molecule has 1 aliphatic carbocycles. The molecule has 1 heteroatoms. The number of hydrogen-bond acceptors (Lipinski definition) is 0. The molecular formula is C8H15I. The maximum absolute atomic E-state index is 2.59. The van der Waals surface area contributed by atoms with Gasteiger partial charge >= 0.3 is 0 Å². The Morgan fingerprint density at radius 2 is 2.11 bits per heavy atom. The number of hydrogen-bond donors (Lipinski definition) is 0. The first-order valence-electron chi connectivity index (χ1n) is 3.88. The highest BCUT2D eigenvalue weighted by atomic mass is 127. The van der Waals surface area contributed by atoms with Crippen LogP contribution in [0, 0.1) is 11.8 Å². The Kier molecular flexibility index (Phi) is 2.80. The molecule has 0 amide bonds. The van der Waals surface area contributed by atoms with Crippen LogP contribution < -0.4 is 0 Å². The van der Waals surface area contributed by atoms with Crippen molar-refractivity contribution in [3.63, 3.8) is 0 Å². The van der Waals surface area contributed by atoms with Crippen LogP contribution in [-0.4, -0.2) is 3.92 Å². The predicted molar refractivity (Wildman–Crippen MR) is 50.0 cm³/mol. The highest BCUT2D eigenvalue weighted by Gasteiger charge is 2.29. The average Bonchev–Trinajstić information content (AvgIpc) is 1.79. The molecule has 0 aromatic rings. The van der Waals surface area contributed by atoms with Gasteiger partial charge in [-0.05, 0) is 31.1 Å². The van der Waals surface area contributed by atoms with E-state index in [0.29, 0.717) is 0 Å². The third kappa shape index (κ3) is 1.82. The molecule has 1 fully saturated rings. The van der Waals surface area contributed by atoms with Crippen molar-refractivity contribution in [1.29, 1.82) is 0 Å². The third-order valence-corrected chi connectivity index (χ3v) is 4.21. The molecule has 0 saturated heterocycles. The van der Waals surface area contributed by atoms with Gasteiger partial charge in [0, 0.05) is 3.92 Å². The maximum Gasteiger partial charge on any atom is 0.0135 e. The zero-order valence-corrected chi connectivity index (χ0v) is 8.39. The summed E-state index contributed by atoms with van der Waals surface area (Å²) in [7, 11) is 0. The molecule has 9 heavy (non-hydrogen) atoms. The zero-order valence-electron chi connectivity index (χ0n) is 6.23. The molecule has 1 atom stereocenters. The summed E-state index contributed by atoms with van der Waals surface area (Å²) < 4.78 is 0.957.